The molecule has 3 aromatic heterocycles. The largest absolute Gasteiger partial charge is 0.497 e. The second-order valence-electron chi connectivity index (χ2n) is 7.53. The van der Waals surface area contributed by atoms with Gasteiger partial charge < -0.3 is 9.64 Å². The summed E-state index contributed by atoms with van der Waals surface area (Å²) in [6, 6.07) is 9.82. The first-order chi connectivity index (χ1) is 15.4. The van der Waals surface area contributed by atoms with Gasteiger partial charge in [-0.05, 0) is 43.2 Å². The number of amides is 1. The summed E-state index contributed by atoms with van der Waals surface area (Å²) in [6.07, 6.45) is 3.35. The second-order valence-corrected chi connectivity index (χ2v) is 7.94. The summed E-state index contributed by atoms with van der Waals surface area (Å²) in [4.78, 5) is 19.1. The molecule has 0 spiro atoms. The normalized spacial score (nSPS) is 11.2. The molecule has 0 bridgehead atoms. The van der Waals surface area contributed by atoms with Crippen LogP contribution in [0.25, 0.3) is 22.2 Å². The van der Waals surface area contributed by atoms with Gasteiger partial charge in [-0.1, -0.05) is 23.7 Å². The molecule has 4 rings (SSSR count). The highest BCUT2D eigenvalue weighted by molar-refractivity contribution is 6.31. The first-order valence-corrected chi connectivity index (χ1v) is 10.7. The van der Waals surface area contributed by atoms with Gasteiger partial charge in [0.15, 0.2) is 5.65 Å². The van der Waals surface area contributed by atoms with Crippen molar-refractivity contribution in [3.8, 4) is 16.9 Å². The number of rotatable bonds is 7. The Morgan fingerprint density at radius 2 is 1.94 bits per heavy atom. The summed E-state index contributed by atoms with van der Waals surface area (Å²) >= 11 is 6.25. The molecule has 0 N–H and O–H groups in total. The van der Waals surface area contributed by atoms with Gasteiger partial charge in [-0.3, -0.25) is 9.48 Å². The average molecular weight is 453 g/mol. The molecule has 0 unspecified atom stereocenters. The first-order valence-electron chi connectivity index (χ1n) is 10.3. The fourth-order valence-electron chi connectivity index (χ4n) is 3.78. The number of fused-ring (bicyclic) bond motifs is 1. The summed E-state index contributed by atoms with van der Waals surface area (Å²) in [7, 11) is 3.40. The van der Waals surface area contributed by atoms with Gasteiger partial charge in [-0.15, -0.1) is 0 Å². The van der Waals surface area contributed by atoms with Crippen LogP contribution >= 0.6 is 11.6 Å². The van der Waals surface area contributed by atoms with Gasteiger partial charge in [0.05, 0.1) is 36.3 Å². The number of carbonyl (C=O) groups is 1. The molecular weight excluding hydrogens is 428 g/mol. The lowest BCUT2D eigenvalue weighted by Crippen LogP contribution is -2.31. The summed E-state index contributed by atoms with van der Waals surface area (Å²) < 4.78 is 8.72. The van der Waals surface area contributed by atoms with Crippen LogP contribution in [0, 0.1) is 6.92 Å². The first kappa shape index (κ1) is 21.8. The number of aryl methyl sites for hydroxylation is 2. The molecule has 1 amide bonds. The lowest BCUT2D eigenvalue weighted by Gasteiger charge is -2.18. The van der Waals surface area contributed by atoms with E-state index in [0.29, 0.717) is 23.8 Å². The number of aromatic nitrogens is 5. The average Bonchev–Trinajstić information content (AvgIpc) is 3.32. The zero-order valence-electron chi connectivity index (χ0n) is 18.5. The standard InChI is InChI=1S/C23H25ClN6O2/c1-5-29-20(19(24)12-26-29)13-28(3)21(31)14-30-23-22(15(2)27-30)18(10-11-25-23)16-6-8-17(32-4)9-7-16/h6-12H,5,13-14H2,1-4H3. The van der Waals surface area contributed by atoms with E-state index in [1.54, 1.807) is 40.8 Å². The Balaban J connectivity index is 1.61. The van der Waals surface area contributed by atoms with Gasteiger partial charge in [0.25, 0.3) is 0 Å². The minimum atomic E-state index is -0.0917. The molecule has 0 saturated heterocycles. The Morgan fingerprint density at radius 1 is 1.19 bits per heavy atom. The minimum absolute atomic E-state index is 0.0811. The third-order valence-electron chi connectivity index (χ3n) is 5.50. The van der Waals surface area contributed by atoms with E-state index in [9.17, 15) is 4.79 Å². The Kier molecular flexibility index (Phi) is 6.14. The Hall–Kier alpha value is -3.39. The molecule has 32 heavy (non-hydrogen) atoms. The van der Waals surface area contributed by atoms with Crippen molar-refractivity contribution < 1.29 is 9.53 Å². The van der Waals surface area contributed by atoms with Gasteiger partial charge in [-0.2, -0.15) is 10.2 Å². The molecule has 8 nitrogen and oxygen atoms in total. The van der Waals surface area contributed by atoms with Crippen molar-refractivity contribution in [2.75, 3.05) is 14.2 Å². The van der Waals surface area contributed by atoms with Gasteiger partial charge in [0, 0.05) is 25.2 Å². The lowest BCUT2D eigenvalue weighted by atomic mass is 10.0. The van der Waals surface area contributed by atoms with Crippen molar-refractivity contribution in [2.24, 2.45) is 0 Å². The molecule has 0 aliphatic rings. The van der Waals surface area contributed by atoms with E-state index in [-0.39, 0.29) is 12.5 Å². The smallest absolute Gasteiger partial charge is 0.244 e. The summed E-state index contributed by atoms with van der Waals surface area (Å²) in [5, 5.41) is 10.3. The van der Waals surface area contributed by atoms with E-state index in [0.717, 1.165) is 33.7 Å². The molecule has 0 aliphatic heterocycles. The van der Waals surface area contributed by atoms with Crippen LogP contribution < -0.4 is 4.74 Å². The maximum absolute atomic E-state index is 13.0. The number of ether oxygens (including phenoxy) is 1. The predicted molar refractivity (Wildman–Crippen MR) is 124 cm³/mol. The molecule has 0 aliphatic carbocycles. The van der Waals surface area contributed by atoms with Crippen LogP contribution in [-0.4, -0.2) is 49.5 Å². The number of pyridine rings is 1. The van der Waals surface area contributed by atoms with E-state index in [1.165, 1.54) is 0 Å². The number of hydrogen-bond donors (Lipinski definition) is 0. The summed E-state index contributed by atoms with van der Waals surface area (Å²) in [5.74, 6) is 0.704. The highest BCUT2D eigenvalue weighted by atomic mass is 35.5. The number of nitrogens with zero attached hydrogens (tertiary/aromatic N) is 6. The molecule has 3 heterocycles. The van der Waals surface area contributed by atoms with Crippen molar-refractivity contribution in [3.63, 3.8) is 0 Å². The molecule has 0 atom stereocenters. The monoisotopic (exact) mass is 452 g/mol. The molecule has 166 valence electrons. The van der Waals surface area contributed by atoms with E-state index in [4.69, 9.17) is 16.3 Å². The molecule has 0 saturated carbocycles. The van der Waals surface area contributed by atoms with Crippen LogP contribution in [0.2, 0.25) is 5.02 Å². The van der Waals surface area contributed by atoms with E-state index in [2.05, 4.69) is 15.2 Å². The SMILES string of the molecule is CCn1ncc(Cl)c1CN(C)C(=O)Cn1nc(C)c2c(-c3ccc(OC)cc3)ccnc21. The zero-order valence-corrected chi connectivity index (χ0v) is 19.3. The predicted octanol–water partition coefficient (Wildman–Crippen LogP) is 3.94. The van der Waals surface area contributed by atoms with Crippen LogP contribution in [0.3, 0.4) is 0 Å². The highest BCUT2D eigenvalue weighted by Crippen LogP contribution is 2.31. The molecule has 4 aromatic rings. The summed E-state index contributed by atoms with van der Waals surface area (Å²) in [6.45, 7) is 5.05. The maximum Gasteiger partial charge on any atom is 0.244 e. The van der Waals surface area contributed by atoms with E-state index >= 15 is 0 Å². The summed E-state index contributed by atoms with van der Waals surface area (Å²) in [5.41, 5.74) is 4.36. The van der Waals surface area contributed by atoms with Crippen molar-refractivity contribution >= 4 is 28.5 Å². The van der Waals surface area contributed by atoms with Crippen molar-refractivity contribution in [3.05, 3.63) is 59.1 Å². The Bertz CT molecular complexity index is 1260. The molecule has 9 heteroatoms. The van der Waals surface area contributed by atoms with Crippen molar-refractivity contribution in [2.45, 2.75) is 33.5 Å². The Morgan fingerprint density at radius 3 is 2.62 bits per heavy atom. The van der Waals surface area contributed by atoms with Crippen molar-refractivity contribution in [1.82, 2.24) is 29.4 Å². The maximum atomic E-state index is 13.0. The van der Waals surface area contributed by atoms with Crippen LogP contribution in [-0.2, 0) is 24.4 Å². The van der Waals surface area contributed by atoms with Gasteiger partial charge >= 0.3 is 0 Å². The van der Waals surface area contributed by atoms with E-state index < -0.39 is 0 Å². The topological polar surface area (TPSA) is 78.1 Å². The quantitative estimate of drug-likeness (QED) is 0.424. The third kappa shape index (κ3) is 4.05. The second kappa shape index (κ2) is 9.00. The number of methoxy groups -OCH3 is 1. The van der Waals surface area contributed by atoms with Crippen LogP contribution in [0.15, 0.2) is 42.7 Å². The third-order valence-corrected chi connectivity index (χ3v) is 5.82. The van der Waals surface area contributed by atoms with Gasteiger partial charge in [0.2, 0.25) is 5.91 Å². The van der Waals surface area contributed by atoms with Crippen LogP contribution in [0.1, 0.15) is 18.3 Å². The fraction of sp³-hybridized carbons (Fsp3) is 0.304. The molecule has 0 fully saturated rings. The zero-order chi connectivity index (χ0) is 22.8. The number of carbonyl (C=O) groups excluding carboxylic acids is 1. The van der Waals surface area contributed by atoms with Crippen molar-refractivity contribution in [1.29, 1.82) is 0 Å². The lowest BCUT2D eigenvalue weighted by molar-refractivity contribution is -0.131. The molecule has 1 aromatic carbocycles. The highest BCUT2D eigenvalue weighted by Gasteiger charge is 2.19. The minimum Gasteiger partial charge on any atom is -0.497 e. The molecule has 0 radical (unpaired) electrons. The molecular formula is C23H25ClN6O2. The fourth-order valence-corrected chi connectivity index (χ4v) is 3.98. The number of hydrogen-bond acceptors (Lipinski definition) is 5. The number of likely N-dealkylation sites (N-methyl/N-ethyl adjacent to an activating group) is 1. The number of halogens is 1. The van der Waals surface area contributed by atoms with Gasteiger partial charge in [0.1, 0.15) is 12.3 Å². The van der Waals surface area contributed by atoms with Gasteiger partial charge in [-0.25, -0.2) is 9.67 Å². The number of benzene rings is 1. The van der Waals surface area contributed by atoms with Crippen LogP contribution in [0.4, 0.5) is 0 Å². The van der Waals surface area contributed by atoms with E-state index in [1.807, 2.05) is 44.2 Å². The van der Waals surface area contributed by atoms with Crippen LogP contribution in [0.5, 0.6) is 5.75 Å². The Labute approximate surface area is 191 Å².